The number of nitrogens with zero attached hydrogens (tertiary/aromatic N) is 3. The second-order valence-corrected chi connectivity index (χ2v) is 5.46. The van der Waals surface area contributed by atoms with Crippen molar-refractivity contribution in [2.75, 3.05) is 0 Å². The second-order valence-electron chi connectivity index (χ2n) is 5.46. The maximum atomic E-state index is 11.9. The Hall–Kier alpha value is -3.15. The van der Waals surface area contributed by atoms with E-state index < -0.39 is 5.63 Å². The monoisotopic (exact) mass is 323 g/mol. The number of rotatable bonds is 4. The fourth-order valence-corrected chi connectivity index (χ4v) is 2.59. The van der Waals surface area contributed by atoms with E-state index in [0.29, 0.717) is 23.7 Å². The molecule has 0 fully saturated rings. The topological polar surface area (TPSA) is 80.6 Å². The average Bonchev–Trinajstić information content (AvgIpc) is 2.89. The first-order valence-electron chi connectivity index (χ1n) is 7.45. The lowest BCUT2D eigenvalue weighted by molar-refractivity contribution is 0.432. The zero-order chi connectivity index (χ0) is 17.3. The molecule has 0 bridgehead atoms. The molecule has 1 N–H and O–H groups in total. The molecular formula is C18H17N3O3. The van der Waals surface area contributed by atoms with Gasteiger partial charge in [0.25, 0.3) is 0 Å². The van der Waals surface area contributed by atoms with E-state index in [2.05, 4.69) is 16.7 Å². The van der Waals surface area contributed by atoms with Crippen LogP contribution in [0.15, 0.2) is 57.3 Å². The van der Waals surface area contributed by atoms with Crippen LogP contribution in [0.3, 0.4) is 0 Å². The van der Waals surface area contributed by atoms with E-state index >= 15 is 0 Å². The molecule has 0 aliphatic rings. The minimum absolute atomic E-state index is 0.0723. The zero-order valence-electron chi connectivity index (χ0n) is 13.5. The third kappa shape index (κ3) is 2.86. The molecule has 2 heterocycles. The van der Waals surface area contributed by atoms with Gasteiger partial charge < -0.3 is 9.52 Å². The maximum absolute atomic E-state index is 11.9. The van der Waals surface area contributed by atoms with Gasteiger partial charge in [0.05, 0.1) is 29.7 Å². The van der Waals surface area contributed by atoms with Gasteiger partial charge in [-0.25, -0.2) is 4.79 Å². The molecule has 24 heavy (non-hydrogen) atoms. The lowest BCUT2D eigenvalue weighted by Gasteiger charge is -2.04. The molecule has 0 aliphatic carbocycles. The van der Waals surface area contributed by atoms with Crippen LogP contribution >= 0.6 is 0 Å². The largest absolute Gasteiger partial charge is 0.507 e. The molecule has 0 unspecified atom stereocenters. The Morgan fingerprint density at radius 1 is 1.46 bits per heavy atom. The number of fused-ring (bicyclic) bond motifs is 1. The first-order chi connectivity index (χ1) is 11.5. The van der Waals surface area contributed by atoms with Gasteiger partial charge in [0.1, 0.15) is 17.1 Å². The summed E-state index contributed by atoms with van der Waals surface area (Å²) < 4.78 is 6.87. The lowest BCUT2D eigenvalue weighted by atomic mass is 10.1. The quantitative estimate of drug-likeness (QED) is 0.590. The first kappa shape index (κ1) is 15.7. The molecule has 3 rings (SSSR count). The number of aryl methyl sites for hydroxylation is 1. The Balaban J connectivity index is 2.03. The number of benzene rings is 1. The highest BCUT2D eigenvalue weighted by atomic mass is 16.4. The van der Waals surface area contributed by atoms with E-state index in [1.54, 1.807) is 26.1 Å². The Kier molecular flexibility index (Phi) is 4.04. The molecular weight excluding hydrogens is 306 g/mol. The summed E-state index contributed by atoms with van der Waals surface area (Å²) in [4.78, 5) is 16.4. The summed E-state index contributed by atoms with van der Waals surface area (Å²) >= 11 is 0. The van der Waals surface area contributed by atoms with E-state index in [1.165, 1.54) is 6.07 Å². The van der Waals surface area contributed by atoms with Crippen molar-refractivity contribution < 1.29 is 9.52 Å². The second kappa shape index (κ2) is 6.16. The standard InChI is InChI=1S/C18H17N3O3/c1-4-7-21-15-6-5-14(9-13(15)10-19-21)20-12(3)17-16(22)8-11(2)24-18(17)23/h4-6,8-10,22H,1,7H2,2-3H3. The minimum atomic E-state index is -0.603. The van der Waals surface area contributed by atoms with Crippen molar-refractivity contribution in [3.63, 3.8) is 0 Å². The van der Waals surface area contributed by atoms with Crippen LogP contribution in [0.4, 0.5) is 5.69 Å². The smallest absolute Gasteiger partial charge is 0.348 e. The molecule has 6 nitrogen and oxygen atoms in total. The number of allylic oxidation sites excluding steroid dienone is 1. The normalized spacial score (nSPS) is 11.8. The number of hydrogen-bond donors (Lipinski definition) is 1. The molecule has 0 aliphatic heterocycles. The summed E-state index contributed by atoms with van der Waals surface area (Å²) in [7, 11) is 0. The molecule has 0 atom stereocenters. The fraction of sp³-hybridized carbons (Fsp3) is 0.167. The molecule has 122 valence electrons. The van der Waals surface area contributed by atoms with Gasteiger partial charge in [-0.15, -0.1) is 6.58 Å². The maximum Gasteiger partial charge on any atom is 0.348 e. The van der Waals surface area contributed by atoms with Crippen LogP contribution in [0.1, 0.15) is 18.2 Å². The molecule has 0 radical (unpaired) electrons. The predicted octanol–water partition coefficient (Wildman–Crippen LogP) is 3.33. The van der Waals surface area contributed by atoms with Gasteiger partial charge in [-0.05, 0) is 32.0 Å². The summed E-state index contributed by atoms with van der Waals surface area (Å²) in [5.74, 6) is 0.218. The summed E-state index contributed by atoms with van der Waals surface area (Å²) in [5.41, 5.74) is 1.50. The van der Waals surface area contributed by atoms with Crippen LogP contribution in [0.25, 0.3) is 10.9 Å². The van der Waals surface area contributed by atoms with Crippen LogP contribution in [-0.4, -0.2) is 20.6 Å². The van der Waals surface area contributed by atoms with E-state index in [9.17, 15) is 9.90 Å². The van der Waals surface area contributed by atoms with Crippen LogP contribution in [-0.2, 0) is 6.54 Å². The van der Waals surface area contributed by atoms with Gasteiger partial charge in [-0.3, -0.25) is 9.67 Å². The predicted molar refractivity (Wildman–Crippen MR) is 93.2 cm³/mol. The number of aromatic hydroxyl groups is 1. The van der Waals surface area contributed by atoms with Gasteiger partial charge in [-0.2, -0.15) is 5.10 Å². The van der Waals surface area contributed by atoms with Gasteiger partial charge >= 0.3 is 5.63 Å². The SMILES string of the molecule is C=CCn1ncc2cc(N=C(C)c3c(O)cc(C)oc3=O)ccc21. The van der Waals surface area contributed by atoms with E-state index in [-0.39, 0.29) is 11.3 Å². The van der Waals surface area contributed by atoms with Gasteiger partial charge in [0.2, 0.25) is 0 Å². The van der Waals surface area contributed by atoms with Crippen LogP contribution in [0.5, 0.6) is 5.75 Å². The van der Waals surface area contributed by atoms with Crippen molar-refractivity contribution in [1.29, 1.82) is 0 Å². The Morgan fingerprint density at radius 2 is 2.25 bits per heavy atom. The van der Waals surface area contributed by atoms with E-state index in [4.69, 9.17) is 4.42 Å². The zero-order valence-corrected chi connectivity index (χ0v) is 13.5. The third-order valence-corrected chi connectivity index (χ3v) is 3.64. The molecule has 0 saturated carbocycles. The van der Waals surface area contributed by atoms with Gasteiger partial charge in [0, 0.05) is 11.5 Å². The van der Waals surface area contributed by atoms with E-state index in [0.717, 1.165) is 10.9 Å². The lowest BCUT2D eigenvalue weighted by Crippen LogP contribution is -2.12. The van der Waals surface area contributed by atoms with E-state index in [1.807, 2.05) is 22.9 Å². The molecule has 1 aromatic carbocycles. The Morgan fingerprint density at radius 3 is 2.96 bits per heavy atom. The van der Waals surface area contributed by atoms with Crippen molar-refractivity contribution in [2.45, 2.75) is 20.4 Å². The van der Waals surface area contributed by atoms with Crippen molar-refractivity contribution in [2.24, 2.45) is 4.99 Å². The van der Waals surface area contributed by atoms with Crippen molar-refractivity contribution in [3.8, 4) is 5.75 Å². The molecule has 6 heteroatoms. The molecule has 0 spiro atoms. The highest BCUT2D eigenvalue weighted by molar-refractivity contribution is 6.02. The summed E-state index contributed by atoms with van der Waals surface area (Å²) in [6, 6.07) is 7.02. The molecule has 0 amide bonds. The summed E-state index contributed by atoms with van der Waals surface area (Å²) in [6.07, 6.45) is 3.53. The molecule has 2 aromatic heterocycles. The average molecular weight is 323 g/mol. The summed E-state index contributed by atoms with van der Waals surface area (Å²) in [5, 5.41) is 15.2. The van der Waals surface area contributed by atoms with Crippen molar-refractivity contribution in [1.82, 2.24) is 9.78 Å². The van der Waals surface area contributed by atoms with Gasteiger partial charge in [0.15, 0.2) is 0 Å². The minimum Gasteiger partial charge on any atom is -0.507 e. The van der Waals surface area contributed by atoms with Crippen molar-refractivity contribution >= 4 is 22.3 Å². The van der Waals surface area contributed by atoms with Crippen LogP contribution < -0.4 is 5.63 Å². The highest BCUT2D eigenvalue weighted by Crippen LogP contribution is 2.23. The third-order valence-electron chi connectivity index (χ3n) is 3.64. The number of hydrogen-bond acceptors (Lipinski definition) is 5. The Bertz CT molecular complexity index is 1010. The summed E-state index contributed by atoms with van der Waals surface area (Å²) in [6.45, 7) is 7.60. The van der Waals surface area contributed by atoms with Crippen LogP contribution in [0.2, 0.25) is 0 Å². The molecule has 3 aromatic rings. The van der Waals surface area contributed by atoms with Crippen molar-refractivity contribution in [3.05, 3.63) is 64.9 Å². The number of aromatic nitrogens is 2. The van der Waals surface area contributed by atoms with Crippen LogP contribution in [0, 0.1) is 6.92 Å². The Labute approximate surface area is 138 Å². The number of aliphatic imine (C=N–C) groups is 1. The highest BCUT2D eigenvalue weighted by Gasteiger charge is 2.13. The fourth-order valence-electron chi connectivity index (χ4n) is 2.59. The first-order valence-corrected chi connectivity index (χ1v) is 7.45. The van der Waals surface area contributed by atoms with Gasteiger partial charge in [-0.1, -0.05) is 6.08 Å². The molecule has 0 saturated heterocycles.